The van der Waals surface area contributed by atoms with E-state index in [2.05, 4.69) is 6.92 Å². The van der Waals surface area contributed by atoms with Gasteiger partial charge in [0.15, 0.2) is 0 Å². The predicted molar refractivity (Wildman–Crippen MR) is 100 cm³/mol. The van der Waals surface area contributed by atoms with Crippen molar-refractivity contribution in [1.82, 2.24) is 9.21 Å². The number of nitrogens with zero attached hydrogens (tertiary/aromatic N) is 2. The number of benzene rings is 1. The molecule has 1 aliphatic carbocycles. The number of hydrogen-bond acceptors (Lipinski definition) is 3. The van der Waals surface area contributed by atoms with Crippen molar-refractivity contribution in [3.63, 3.8) is 0 Å². The molecule has 0 unspecified atom stereocenters. The molecule has 5 nitrogen and oxygen atoms in total. The van der Waals surface area contributed by atoms with Gasteiger partial charge in [-0.25, -0.2) is 8.42 Å². The second kappa shape index (κ2) is 8.81. The van der Waals surface area contributed by atoms with E-state index in [1.165, 1.54) is 10.7 Å². The van der Waals surface area contributed by atoms with E-state index in [4.69, 9.17) is 0 Å². The average Bonchev–Trinajstić information content (AvgIpc) is 2.65. The highest BCUT2D eigenvalue weighted by Crippen LogP contribution is 2.26. The molecule has 1 aliphatic rings. The SMILES string of the molecule is CCCCN(C)C(=O)c1ccc(S(=O)(=O)N(C)C2CCCCC2)cc1. The lowest BCUT2D eigenvalue weighted by atomic mass is 9.96. The topological polar surface area (TPSA) is 57.7 Å². The van der Waals surface area contributed by atoms with Crippen molar-refractivity contribution in [3.8, 4) is 0 Å². The summed E-state index contributed by atoms with van der Waals surface area (Å²) in [6.45, 7) is 2.79. The van der Waals surface area contributed by atoms with E-state index in [1.807, 2.05) is 0 Å². The smallest absolute Gasteiger partial charge is 0.253 e. The first-order valence-corrected chi connectivity index (χ1v) is 10.7. The summed E-state index contributed by atoms with van der Waals surface area (Å²) >= 11 is 0. The van der Waals surface area contributed by atoms with Gasteiger partial charge in [-0.15, -0.1) is 0 Å². The van der Waals surface area contributed by atoms with Gasteiger partial charge in [0.1, 0.15) is 0 Å². The minimum atomic E-state index is -3.51. The second-order valence-corrected chi connectivity index (χ2v) is 8.92. The summed E-state index contributed by atoms with van der Waals surface area (Å²) in [5.41, 5.74) is 0.526. The van der Waals surface area contributed by atoms with Crippen molar-refractivity contribution in [1.29, 1.82) is 0 Å². The summed E-state index contributed by atoms with van der Waals surface area (Å²) in [6, 6.07) is 6.42. The van der Waals surface area contributed by atoms with Gasteiger partial charge in [0.25, 0.3) is 5.91 Å². The molecule has 1 aromatic carbocycles. The van der Waals surface area contributed by atoms with E-state index < -0.39 is 10.0 Å². The number of amides is 1. The zero-order valence-electron chi connectivity index (χ0n) is 15.6. The number of carbonyl (C=O) groups excluding carboxylic acids is 1. The van der Waals surface area contributed by atoms with Crippen LogP contribution in [-0.4, -0.2) is 50.2 Å². The van der Waals surface area contributed by atoms with Crippen molar-refractivity contribution in [2.45, 2.75) is 62.8 Å². The lowest BCUT2D eigenvalue weighted by Crippen LogP contribution is -2.38. The van der Waals surface area contributed by atoms with Gasteiger partial charge < -0.3 is 4.90 Å². The Morgan fingerprint density at radius 2 is 1.68 bits per heavy atom. The third-order valence-corrected chi connectivity index (χ3v) is 6.99. The molecule has 2 rings (SSSR count). The van der Waals surface area contributed by atoms with E-state index >= 15 is 0 Å². The average molecular weight is 367 g/mol. The van der Waals surface area contributed by atoms with Gasteiger partial charge in [0.2, 0.25) is 10.0 Å². The first kappa shape index (κ1) is 19.9. The molecule has 0 aromatic heterocycles. The first-order valence-electron chi connectivity index (χ1n) is 9.21. The fourth-order valence-corrected chi connectivity index (χ4v) is 4.71. The van der Waals surface area contributed by atoms with Gasteiger partial charge in [0, 0.05) is 32.2 Å². The Morgan fingerprint density at radius 3 is 2.24 bits per heavy atom. The monoisotopic (exact) mass is 366 g/mol. The van der Waals surface area contributed by atoms with Crippen LogP contribution < -0.4 is 0 Å². The lowest BCUT2D eigenvalue weighted by Gasteiger charge is -2.30. The Hall–Kier alpha value is -1.40. The van der Waals surface area contributed by atoms with Crippen LogP contribution in [0.5, 0.6) is 0 Å². The molecule has 140 valence electrons. The van der Waals surface area contributed by atoms with E-state index in [9.17, 15) is 13.2 Å². The van der Waals surface area contributed by atoms with Crippen LogP contribution in [0.15, 0.2) is 29.2 Å². The summed E-state index contributed by atoms with van der Waals surface area (Å²) in [4.78, 5) is 14.3. The highest BCUT2D eigenvalue weighted by molar-refractivity contribution is 7.89. The van der Waals surface area contributed by atoms with Crippen molar-refractivity contribution >= 4 is 15.9 Å². The van der Waals surface area contributed by atoms with Crippen molar-refractivity contribution < 1.29 is 13.2 Å². The molecule has 0 atom stereocenters. The zero-order valence-corrected chi connectivity index (χ0v) is 16.4. The molecule has 0 N–H and O–H groups in total. The van der Waals surface area contributed by atoms with Gasteiger partial charge in [-0.2, -0.15) is 4.31 Å². The summed E-state index contributed by atoms with van der Waals surface area (Å²) in [6.07, 6.45) is 7.20. The van der Waals surface area contributed by atoms with Crippen LogP contribution in [0.2, 0.25) is 0 Å². The van der Waals surface area contributed by atoms with Gasteiger partial charge in [-0.05, 0) is 43.5 Å². The minimum Gasteiger partial charge on any atom is -0.342 e. The highest BCUT2D eigenvalue weighted by Gasteiger charge is 2.29. The molecule has 1 fully saturated rings. The van der Waals surface area contributed by atoms with Crippen LogP contribution in [0.4, 0.5) is 0 Å². The molecule has 0 spiro atoms. The quantitative estimate of drug-likeness (QED) is 0.742. The molecule has 6 heteroatoms. The largest absolute Gasteiger partial charge is 0.342 e. The number of unbranched alkanes of at least 4 members (excludes halogenated alkanes) is 1. The molecule has 1 aromatic rings. The van der Waals surface area contributed by atoms with Crippen LogP contribution in [0.3, 0.4) is 0 Å². The Labute approximate surface area is 152 Å². The molecule has 1 saturated carbocycles. The predicted octanol–water partition coefficient (Wildman–Crippen LogP) is 3.51. The number of hydrogen-bond donors (Lipinski definition) is 0. The molecule has 25 heavy (non-hydrogen) atoms. The van der Waals surface area contributed by atoms with Gasteiger partial charge in [0.05, 0.1) is 4.90 Å². The van der Waals surface area contributed by atoms with Crippen LogP contribution in [0.25, 0.3) is 0 Å². The second-order valence-electron chi connectivity index (χ2n) is 6.92. The summed E-state index contributed by atoms with van der Waals surface area (Å²) in [5, 5.41) is 0. The lowest BCUT2D eigenvalue weighted by molar-refractivity contribution is 0.0793. The van der Waals surface area contributed by atoms with Crippen LogP contribution in [0, 0.1) is 0 Å². The maximum atomic E-state index is 12.8. The van der Waals surface area contributed by atoms with Crippen molar-refractivity contribution in [2.24, 2.45) is 0 Å². The van der Waals surface area contributed by atoms with E-state index in [-0.39, 0.29) is 16.8 Å². The van der Waals surface area contributed by atoms with E-state index in [0.29, 0.717) is 12.1 Å². The van der Waals surface area contributed by atoms with Gasteiger partial charge >= 0.3 is 0 Å². The van der Waals surface area contributed by atoms with Gasteiger partial charge in [-0.3, -0.25) is 4.79 Å². The Balaban J connectivity index is 2.11. The van der Waals surface area contributed by atoms with E-state index in [1.54, 1.807) is 43.3 Å². The fourth-order valence-electron chi connectivity index (χ4n) is 3.29. The summed E-state index contributed by atoms with van der Waals surface area (Å²) in [5.74, 6) is -0.0713. The molecule has 0 aliphatic heterocycles. The number of rotatable bonds is 7. The molecule has 0 heterocycles. The highest BCUT2D eigenvalue weighted by atomic mass is 32.2. The number of sulfonamides is 1. The Morgan fingerprint density at radius 1 is 1.08 bits per heavy atom. The molecule has 0 saturated heterocycles. The first-order chi connectivity index (χ1) is 11.9. The van der Waals surface area contributed by atoms with E-state index in [0.717, 1.165) is 38.5 Å². The molecular formula is C19H30N2O3S. The van der Waals surface area contributed by atoms with Crippen molar-refractivity contribution in [3.05, 3.63) is 29.8 Å². The molecular weight excluding hydrogens is 336 g/mol. The van der Waals surface area contributed by atoms with Crippen LogP contribution in [-0.2, 0) is 10.0 Å². The maximum absolute atomic E-state index is 12.8. The molecule has 0 radical (unpaired) electrons. The van der Waals surface area contributed by atoms with Crippen LogP contribution in [0.1, 0.15) is 62.2 Å². The summed E-state index contributed by atoms with van der Waals surface area (Å²) < 4.78 is 27.1. The van der Waals surface area contributed by atoms with Crippen LogP contribution >= 0.6 is 0 Å². The normalized spacial score (nSPS) is 16.2. The fraction of sp³-hybridized carbons (Fsp3) is 0.632. The summed E-state index contributed by atoms with van der Waals surface area (Å²) in [7, 11) is -0.0602. The molecule has 1 amide bonds. The maximum Gasteiger partial charge on any atom is 0.253 e. The number of carbonyl (C=O) groups is 1. The Bertz CT molecular complexity index is 664. The standard InChI is InChI=1S/C19H30N2O3S/c1-4-5-15-20(2)19(22)16-11-13-18(14-12-16)25(23,24)21(3)17-9-7-6-8-10-17/h11-14,17H,4-10,15H2,1-3H3. The molecule has 0 bridgehead atoms. The zero-order chi connectivity index (χ0) is 18.4. The third kappa shape index (κ3) is 4.82. The van der Waals surface area contributed by atoms with Gasteiger partial charge in [-0.1, -0.05) is 32.6 Å². The van der Waals surface area contributed by atoms with Crippen molar-refractivity contribution in [2.75, 3.05) is 20.6 Å². The Kier molecular flexibility index (Phi) is 7.02. The minimum absolute atomic E-state index is 0.0713. The third-order valence-electron chi connectivity index (χ3n) is 5.06.